The van der Waals surface area contributed by atoms with Crippen LogP contribution in [0.5, 0.6) is 5.75 Å². The van der Waals surface area contributed by atoms with E-state index in [1.807, 2.05) is 4.90 Å². The molecule has 1 saturated heterocycles. The molecule has 0 unspecified atom stereocenters. The number of halogens is 1. The lowest BCUT2D eigenvalue weighted by Gasteiger charge is -2.33. The molecule has 1 aromatic rings. The Balaban J connectivity index is 2.43. The molecule has 7 heteroatoms. The number of hydrogen-bond acceptors (Lipinski definition) is 5. The molecular weight excluding hydrogens is 265 g/mol. The Hall–Kier alpha value is -1.99. The quantitative estimate of drug-likeness (QED) is 0.497. The monoisotopic (exact) mass is 281 g/mol. The molecule has 1 aromatic carbocycles. The standard InChI is InChI=1S/C13H16FN3O3/c1-2-11(16-5-3-15-4-6-16)10-7-9(14)8-12(13(10)18)17(19)20/h2,7-8,11,15,18H,1,3-6H2/t11-/m0/s1. The zero-order valence-corrected chi connectivity index (χ0v) is 10.9. The Morgan fingerprint density at radius 1 is 1.50 bits per heavy atom. The molecule has 6 nitrogen and oxygen atoms in total. The maximum atomic E-state index is 13.6. The number of nitrogens with one attached hydrogen (secondary N) is 1. The van der Waals surface area contributed by atoms with Crippen molar-refractivity contribution in [3.05, 3.63) is 46.3 Å². The van der Waals surface area contributed by atoms with Crippen LogP contribution < -0.4 is 5.32 Å². The van der Waals surface area contributed by atoms with Crippen molar-refractivity contribution in [3.63, 3.8) is 0 Å². The smallest absolute Gasteiger partial charge is 0.313 e. The fraction of sp³-hybridized carbons (Fsp3) is 0.385. The number of aromatic hydroxyl groups is 1. The minimum absolute atomic E-state index is 0.175. The van der Waals surface area contributed by atoms with Crippen LogP contribution in [0.3, 0.4) is 0 Å². The topological polar surface area (TPSA) is 78.6 Å². The van der Waals surface area contributed by atoms with Gasteiger partial charge in [-0.3, -0.25) is 15.0 Å². The first-order chi connectivity index (χ1) is 9.54. The highest BCUT2D eigenvalue weighted by molar-refractivity contribution is 5.53. The van der Waals surface area contributed by atoms with Gasteiger partial charge in [-0.15, -0.1) is 6.58 Å². The molecule has 1 aliphatic heterocycles. The minimum atomic E-state index is -0.792. The fourth-order valence-electron chi connectivity index (χ4n) is 2.40. The molecule has 0 spiro atoms. The lowest BCUT2D eigenvalue weighted by Crippen LogP contribution is -2.44. The van der Waals surface area contributed by atoms with Crippen molar-refractivity contribution < 1.29 is 14.4 Å². The van der Waals surface area contributed by atoms with Gasteiger partial charge in [0.15, 0.2) is 5.75 Å². The van der Waals surface area contributed by atoms with Crippen LogP contribution in [0.4, 0.5) is 10.1 Å². The molecule has 1 fully saturated rings. The molecule has 1 aliphatic rings. The number of benzene rings is 1. The van der Waals surface area contributed by atoms with Crippen LogP contribution >= 0.6 is 0 Å². The first-order valence-corrected chi connectivity index (χ1v) is 6.28. The number of phenols is 1. The van der Waals surface area contributed by atoms with Crippen molar-refractivity contribution in [1.29, 1.82) is 0 Å². The number of nitro benzene ring substituents is 1. The average molecular weight is 281 g/mol. The zero-order valence-electron chi connectivity index (χ0n) is 10.9. The predicted molar refractivity (Wildman–Crippen MR) is 72.1 cm³/mol. The van der Waals surface area contributed by atoms with E-state index >= 15 is 0 Å². The normalized spacial score (nSPS) is 17.6. The highest BCUT2D eigenvalue weighted by Gasteiger charge is 2.27. The van der Waals surface area contributed by atoms with Crippen molar-refractivity contribution in [2.45, 2.75) is 6.04 Å². The summed E-state index contributed by atoms with van der Waals surface area (Å²) >= 11 is 0. The second-order valence-electron chi connectivity index (χ2n) is 4.59. The summed E-state index contributed by atoms with van der Waals surface area (Å²) in [5, 5.41) is 24.0. The summed E-state index contributed by atoms with van der Waals surface area (Å²) in [7, 11) is 0. The summed E-state index contributed by atoms with van der Waals surface area (Å²) in [5.74, 6) is -1.24. The van der Waals surface area contributed by atoms with Gasteiger partial charge in [-0.05, 0) is 6.07 Å². The highest BCUT2D eigenvalue weighted by Crippen LogP contribution is 2.37. The van der Waals surface area contributed by atoms with Crippen LogP contribution in [0.1, 0.15) is 11.6 Å². The second kappa shape index (κ2) is 5.98. The molecule has 0 aliphatic carbocycles. The van der Waals surface area contributed by atoms with Crippen LogP contribution in [0.25, 0.3) is 0 Å². The van der Waals surface area contributed by atoms with E-state index in [-0.39, 0.29) is 5.56 Å². The summed E-state index contributed by atoms with van der Waals surface area (Å²) < 4.78 is 13.6. The van der Waals surface area contributed by atoms with E-state index in [4.69, 9.17) is 0 Å². The molecule has 0 amide bonds. The molecule has 2 rings (SSSR count). The number of phenolic OH excluding ortho intramolecular Hbond substituents is 1. The van der Waals surface area contributed by atoms with E-state index < -0.39 is 28.2 Å². The van der Waals surface area contributed by atoms with E-state index in [1.54, 1.807) is 6.08 Å². The molecule has 0 bridgehead atoms. The third kappa shape index (κ3) is 2.78. The number of hydrogen-bond donors (Lipinski definition) is 2. The van der Waals surface area contributed by atoms with Gasteiger partial charge in [0.2, 0.25) is 0 Å². The fourth-order valence-corrected chi connectivity index (χ4v) is 2.40. The second-order valence-corrected chi connectivity index (χ2v) is 4.59. The predicted octanol–water partition coefficient (Wildman–Crippen LogP) is 1.57. The van der Waals surface area contributed by atoms with Gasteiger partial charge in [0.05, 0.1) is 17.0 Å². The maximum absolute atomic E-state index is 13.6. The van der Waals surface area contributed by atoms with Gasteiger partial charge in [0, 0.05) is 31.7 Å². The molecule has 0 aromatic heterocycles. The molecular formula is C13H16FN3O3. The van der Waals surface area contributed by atoms with Crippen molar-refractivity contribution >= 4 is 5.69 Å². The van der Waals surface area contributed by atoms with Gasteiger partial charge in [-0.2, -0.15) is 0 Å². The van der Waals surface area contributed by atoms with Crippen molar-refractivity contribution in [2.24, 2.45) is 0 Å². The highest BCUT2D eigenvalue weighted by atomic mass is 19.1. The van der Waals surface area contributed by atoms with Gasteiger partial charge >= 0.3 is 5.69 Å². The molecule has 1 atom stereocenters. The Morgan fingerprint density at radius 2 is 2.15 bits per heavy atom. The van der Waals surface area contributed by atoms with Gasteiger partial charge in [0.1, 0.15) is 5.82 Å². The van der Waals surface area contributed by atoms with Crippen molar-refractivity contribution in [1.82, 2.24) is 10.2 Å². The first kappa shape index (κ1) is 14.4. The van der Waals surface area contributed by atoms with E-state index in [9.17, 15) is 19.6 Å². The summed E-state index contributed by atoms with van der Waals surface area (Å²) in [6, 6.07) is 1.39. The molecule has 1 heterocycles. The summed E-state index contributed by atoms with van der Waals surface area (Å²) in [6.07, 6.45) is 1.56. The molecule has 0 saturated carbocycles. The van der Waals surface area contributed by atoms with E-state index in [0.717, 1.165) is 25.2 Å². The maximum Gasteiger partial charge on any atom is 0.313 e. The molecule has 0 radical (unpaired) electrons. The number of nitro groups is 1. The van der Waals surface area contributed by atoms with Gasteiger partial charge in [-0.25, -0.2) is 4.39 Å². The van der Waals surface area contributed by atoms with Crippen LogP contribution in [0.2, 0.25) is 0 Å². The van der Waals surface area contributed by atoms with Crippen LogP contribution in [0.15, 0.2) is 24.8 Å². The van der Waals surface area contributed by atoms with Gasteiger partial charge in [-0.1, -0.05) is 6.08 Å². The van der Waals surface area contributed by atoms with Crippen LogP contribution in [0, 0.1) is 15.9 Å². The number of nitrogens with zero attached hydrogens (tertiary/aromatic N) is 2. The Labute approximate surface area is 115 Å². The third-order valence-corrected chi connectivity index (χ3v) is 3.37. The SMILES string of the molecule is C=C[C@@H](c1cc(F)cc([N+](=O)[O-])c1O)N1CCNCC1. The van der Waals surface area contributed by atoms with Crippen molar-refractivity contribution in [3.8, 4) is 5.75 Å². The van der Waals surface area contributed by atoms with Gasteiger partial charge < -0.3 is 10.4 Å². The summed E-state index contributed by atoms with van der Waals surface area (Å²) in [6.45, 7) is 6.61. The first-order valence-electron chi connectivity index (χ1n) is 6.28. The van der Waals surface area contributed by atoms with E-state index in [1.165, 1.54) is 0 Å². The van der Waals surface area contributed by atoms with Crippen LogP contribution in [-0.2, 0) is 0 Å². The third-order valence-electron chi connectivity index (χ3n) is 3.37. The Morgan fingerprint density at radius 3 is 2.70 bits per heavy atom. The van der Waals surface area contributed by atoms with E-state index in [0.29, 0.717) is 13.1 Å². The number of rotatable bonds is 4. The van der Waals surface area contributed by atoms with E-state index in [2.05, 4.69) is 11.9 Å². The minimum Gasteiger partial charge on any atom is -0.502 e. The molecule has 108 valence electrons. The lowest BCUT2D eigenvalue weighted by atomic mass is 10.0. The molecule has 2 N–H and O–H groups in total. The Kier molecular flexibility index (Phi) is 4.31. The lowest BCUT2D eigenvalue weighted by molar-refractivity contribution is -0.386. The van der Waals surface area contributed by atoms with Gasteiger partial charge in [0.25, 0.3) is 0 Å². The summed E-state index contributed by atoms with van der Waals surface area (Å²) in [4.78, 5) is 12.0. The zero-order chi connectivity index (χ0) is 14.7. The largest absolute Gasteiger partial charge is 0.502 e. The number of piperazine rings is 1. The Bertz CT molecular complexity index is 530. The summed E-state index contributed by atoms with van der Waals surface area (Å²) in [5.41, 5.74) is -0.449. The average Bonchev–Trinajstić information content (AvgIpc) is 2.44. The molecule has 20 heavy (non-hydrogen) atoms. The van der Waals surface area contributed by atoms with Crippen LogP contribution in [-0.4, -0.2) is 41.1 Å². The van der Waals surface area contributed by atoms with Crippen molar-refractivity contribution in [2.75, 3.05) is 26.2 Å².